The molecule has 0 atom stereocenters. The minimum Gasteiger partial charge on any atom is -0.497 e. The summed E-state index contributed by atoms with van der Waals surface area (Å²) in [7, 11) is 0. The van der Waals surface area contributed by atoms with Crippen LogP contribution < -0.4 is 4.90 Å². The van der Waals surface area contributed by atoms with Crippen molar-refractivity contribution < 1.29 is 9.53 Å². The van der Waals surface area contributed by atoms with Crippen LogP contribution in [0, 0.1) is 0 Å². The molecule has 1 heterocycles. The van der Waals surface area contributed by atoms with E-state index in [1.165, 1.54) is 16.7 Å². The van der Waals surface area contributed by atoms with Crippen molar-refractivity contribution in [2.45, 2.75) is 13.8 Å². The molecule has 1 aliphatic rings. The third kappa shape index (κ3) is 2.94. The number of ether oxygens (including phenoxy) is 1. The normalized spacial score (nSPS) is 17.9. The van der Waals surface area contributed by atoms with Gasteiger partial charge in [0.2, 0.25) is 0 Å². The number of halogens is 1. The Morgan fingerprint density at radius 3 is 2.63 bits per heavy atom. The van der Waals surface area contributed by atoms with Crippen LogP contribution >= 0.6 is 35.6 Å². The maximum Gasteiger partial charge on any atom is 0.274 e. The van der Waals surface area contributed by atoms with Gasteiger partial charge in [0.25, 0.3) is 5.91 Å². The first-order valence-electron chi connectivity index (χ1n) is 5.70. The molecule has 1 aromatic rings. The molecule has 0 saturated carbocycles. The highest BCUT2D eigenvalue weighted by Crippen LogP contribution is 2.37. The highest BCUT2D eigenvalue weighted by atomic mass is 35.5. The Kier molecular flexibility index (Phi) is 4.50. The Balaban J connectivity index is 2.34. The monoisotopic (exact) mass is 313 g/mol. The van der Waals surface area contributed by atoms with Gasteiger partial charge < -0.3 is 4.74 Å². The first-order valence-corrected chi connectivity index (χ1v) is 7.30. The van der Waals surface area contributed by atoms with Crippen molar-refractivity contribution in [2.75, 3.05) is 11.5 Å². The number of hydrogen-bond acceptors (Lipinski definition) is 4. The van der Waals surface area contributed by atoms with E-state index in [0.717, 1.165) is 0 Å². The van der Waals surface area contributed by atoms with Gasteiger partial charge in [0.1, 0.15) is 10.7 Å². The minimum atomic E-state index is -0.150. The van der Waals surface area contributed by atoms with Gasteiger partial charge in [-0.1, -0.05) is 35.6 Å². The molecule has 1 aliphatic heterocycles. The summed E-state index contributed by atoms with van der Waals surface area (Å²) in [6, 6.07) is 7.00. The van der Waals surface area contributed by atoms with Crippen molar-refractivity contribution in [3.05, 3.63) is 40.0 Å². The van der Waals surface area contributed by atoms with Gasteiger partial charge in [-0.25, -0.2) is 0 Å². The molecule has 1 saturated heterocycles. The summed E-state index contributed by atoms with van der Waals surface area (Å²) < 4.78 is 5.88. The average Bonchev–Trinajstić information content (AvgIpc) is 2.67. The van der Waals surface area contributed by atoms with Crippen molar-refractivity contribution >= 4 is 51.5 Å². The van der Waals surface area contributed by atoms with E-state index >= 15 is 0 Å². The standard InChI is InChI=1S/C13H12ClNO2S2/c1-3-17-8(2)11-12(16)15(13(18)19-11)10-6-4-9(14)5-7-10/h4-7H,3H2,1-2H3. The van der Waals surface area contributed by atoms with Crippen LogP contribution in [0.1, 0.15) is 13.8 Å². The third-order valence-electron chi connectivity index (χ3n) is 2.53. The number of benzene rings is 1. The van der Waals surface area contributed by atoms with Gasteiger partial charge in [-0.05, 0) is 38.1 Å². The smallest absolute Gasteiger partial charge is 0.274 e. The molecule has 0 spiro atoms. The molecule has 0 unspecified atom stereocenters. The second-order valence-corrected chi connectivity index (χ2v) is 5.88. The van der Waals surface area contributed by atoms with E-state index in [-0.39, 0.29) is 5.91 Å². The molecule has 100 valence electrons. The predicted molar refractivity (Wildman–Crippen MR) is 83.5 cm³/mol. The Morgan fingerprint density at radius 1 is 1.42 bits per heavy atom. The van der Waals surface area contributed by atoms with Gasteiger partial charge in [-0.15, -0.1) is 0 Å². The molecule has 1 aromatic carbocycles. The Labute approximate surface area is 126 Å². The van der Waals surface area contributed by atoms with Crippen molar-refractivity contribution in [1.82, 2.24) is 0 Å². The molecule has 0 N–H and O–H groups in total. The second kappa shape index (κ2) is 5.94. The Bertz CT molecular complexity index is 554. The molecule has 0 bridgehead atoms. The SMILES string of the molecule is CCOC(C)=C1SC(=S)N(c2ccc(Cl)cc2)C1=O. The molecule has 0 aliphatic carbocycles. The fraction of sp³-hybridized carbons (Fsp3) is 0.231. The van der Waals surface area contributed by atoms with Gasteiger partial charge in [-0.3, -0.25) is 9.69 Å². The van der Waals surface area contributed by atoms with Crippen LogP contribution in [-0.2, 0) is 9.53 Å². The van der Waals surface area contributed by atoms with Gasteiger partial charge in [0.15, 0.2) is 4.32 Å². The summed E-state index contributed by atoms with van der Waals surface area (Å²) in [5, 5.41) is 0.621. The molecular weight excluding hydrogens is 302 g/mol. The fourth-order valence-corrected chi connectivity index (χ4v) is 3.08. The molecule has 1 amide bonds. The molecule has 6 heteroatoms. The van der Waals surface area contributed by atoms with E-state index in [0.29, 0.717) is 32.3 Å². The number of anilines is 1. The molecule has 1 fully saturated rings. The average molecular weight is 314 g/mol. The maximum absolute atomic E-state index is 12.4. The largest absolute Gasteiger partial charge is 0.497 e. The third-order valence-corrected chi connectivity index (χ3v) is 4.24. The molecule has 19 heavy (non-hydrogen) atoms. The first-order chi connectivity index (χ1) is 9.04. The van der Waals surface area contributed by atoms with Gasteiger partial charge in [0, 0.05) is 5.02 Å². The number of rotatable bonds is 3. The van der Waals surface area contributed by atoms with Crippen LogP contribution in [0.15, 0.2) is 34.9 Å². The number of hydrogen-bond donors (Lipinski definition) is 0. The highest BCUT2D eigenvalue weighted by Gasteiger charge is 2.35. The van der Waals surface area contributed by atoms with E-state index in [9.17, 15) is 4.79 Å². The Morgan fingerprint density at radius 2 is 2.05 bits per heavy atom. The molecule has 2 rings (SSSR count). The summed E-state index contributed by atoms with van der Waals surface area (Å²) in [5.74, 6) is 0.458. The summed E-state index contributed by atoms with van der Waals surface area (Å²) >= 11 is 12.4. The fourth-order valence-electron chi connectivity index (χ4n) is 1.68. The number of thioether (sulfide) groups is 1. The molecule has 0 aromatic heterocycles. The lowest BCUT2D eigenvalue weighted by atomic mass is 10.3. The van der Waals surface area contributed by atoms with Crippen LogP contribution in [0.25, 0.3) is 0 Å². The minimum absolute atomic E-state index is 0.150. The van der Waals surface area contributed by atoms with Crippen molar-refractivity contribution in [1.29, 1.82) is 0 Å². The van der Waals surface area contributed by atoms with Crippen molar-refractivity contribution in [3.63, 3.8) is 0 Å². The Hall–Kier alpha value is -1.04. The summed E-state index contributed by atoms with van der Waals surface area (Å²) in [5.41, 5.74) is 0.714. The summed E-state index contributed by atoms with van der Waals surface area (Å²) in [6.07, 6.45) is 0. The highest BCUT2D eigenvalue weighted by molar-refractivity contribution is 8.27. The van der Waals surface area contributed by atoms with E-state index in [1.54, 1.807) is 31.2 Å². The number of nitrogens with zero attached hydrogens (tertiary/aromatic N) is 1. The van der Waals surface area contributed by atoms with Crippen LogP contribution in [0.3, 0.4) is 0 Å². The van der Waals surface area contributed by atoms with Gasteiger partial charge >= 0.3 is 0 Å². The van der Waals surface area contributed by atoms with E-state index in [4.69, 9.17) is 28.6 Å². The predicted octanol–water partition coefficient (Wildman–Crippen LogP) is 3.97. The molecular formula is C13H12ClNO2S2. The van der Waals surface area contributed by atoms with Crippen molar-refractivity contribution in [3.8, 4) is 0 Å². The van der Waals surface area contributed by atoms with E-state index < -0.39 is 0 Å². The molecule has 0 radical (unpaired) electrons. The number of thiocarbonyl (C=S) groups is 1. The lowest BCUT2D eigenvalue weighted by molar-refractivity contribution is -0.113. The van der Waals surface area contributed by atoms with Crippen LogP contribution in [0.2, 0.25) is 5.02 Å². The molecule has 3 nitrogen and oxygen atoms in total. The number of carbonyl (C=O) groups excluding carboxylic acids is 1. The number of carbonyl (C=O) groups is 1. The van der Waals surface area contributed by atoms with Crippen molar-refractivity contribution in [2.24, 2.45) is 0 Å². The van der Waals surface area contributed by atoms with E-state index in [1.807, 2.05) is 6.92 Å². The first kappa shape index (κ1) is 14.4. The lowest BCUT2D eigenvalue weighted by Gasteiger charge is -2.14. The quantitative estimate of drug-likeness (QED) is 0.480. The van der Waals surface area contributed by atoms with Gasteiger partial charge in [-0.2, -0.15) is 0 Å². The topological polar surface area (TPSA) is 29.5 Å². The zero-order valence-corrected chi connectivity index (χ0v) is 12.9. The van der Waals surface area contributed by atoms with Crippen LogP contribution in [0.5, 0.6) is 0 Å². The lowest BCUT2D eigenvalue weighted by Crippen LogP contribution is -2.27. The van der Waals surface area contributed by atoms with Crippen LogP contribution in [0.4, 0.5) is 5.69 Å². The number of allylic oxidation sites excluding steroid dienone is 1. The zero-order chi connectivity index (χ0) is 14.0. The summed E-state index contributed by atoms with van der Waals surface area (Å²) in [6.45, 7) is 4.18. The van der Waals surface area contributed by atoms with E-state index in [2.05, 4.69) is 0 Å². The summed E-state index contributed by atoms with van der Waals surface area (Å²) in [4.78, 5) is 14.4. The van der Waals surface area contributed by atoms with Gasteiger partial charge in [0.05, 0.1) is 12.3 Å². The second-order valence-electron chi connectivity index (χ2n) is 3.80. The van der Waals surface area contributed by atoms with Crippen LogP contribution in [-0.4, -0.2) is 16.8 Å². The number of amides is 1. The zero-order valence-electron chi connectivity index (χ0n) is 10.5. The maximum atomic E-state index is 12.4.